The van der Waals surface area contributed by atoms with Gasteiger partial charge in [-0.05, 0) is 67.9 Å². The van der Waals surface area contributed by atoms with Gasteiger partial charge in [0.05, 0.1) is 12.4 Å². The van der Waals surface area contributed by atoms with Crippen molar-refractivity contribution < 1.29 is 9.15 Å². The predicted octanol–water partition coefficient (Wildman–Crippen LogP) is 5.36. The Bertz CT molecular complexity index is 571. The van der Waals surface area contributed by atoms with Crippen LogP contribution in [0.4, 0.5) is 0 Å². The zero-order valence-corrected chi connectivity index (χ0v) is 14.7. The van der Waals surface area contributed by atoms with Crippen LogP contribution in [0.2, 0.25) is 0 Å². The number of rotatable bonds is 0. The van der Waals surface area contributed by atoms with E-state index >= 15 is 0 Å². The van der Waals surface area contributed by atoms with E-state index in [1.165, 1.54) is 32.1 Å². The first-order valence-electron chi connectivity index (χ1n) is 8.95. The molecule has 0 N–H and O–H groups in total. The molecule has 2 nitrogen and oxygen atoms in total. The van der Waals surface area contributed by atoms with Gasteiger partial charge in [0.1, 0.15) is 11.4 Å². The fourth-order valence-corrected chi connectivity index (χ4v) is 6.57. The third kappa shape index (κ3) is 1.50. The molecule has 1 aromatic heterocycles. The van der Waals surface area contributed by atoms with E-state index in [0.717, 1.165) is 11.7 Å². The Kier molecular flexibility index (Phi) is 2.83. The number of hydrogen-bond donors (Lipinski definition) is 0. The van der Waals surface area contributed by atoms with Gasteiger partial charge in [-0.1, -0.05) is 27.7 Å². The summed E-state index contributed by atoms with van der Waals surface area (Å²) in [7, 11) is 0. The molecule has 122 valence electrons. The van der Waals surface area contributed by atoms with Crippen LogP contribution in [0.1, 0.15) is 65.6 Å². The summed E-state index contributed by atoms with van der Waals surface area (Å²) in [5.41, 5.74) is 1.75. The first kappa shape index (κ1) is 14.8. The molecule has 3 aliphatic carbocycles. The molecule has 0 aromatic carbocycles. The third-order valence-corrected chi connectivity index (χ3v) is 7.92. The second-order valence-electron chi connectivity index (χ2n) is 9.23. The Morgan fingerprint density at radius 3 is 2.41 bits per heavy atom. The molecule has 1 saturated heterocycles. The lowest BCUT2D eigenvalue weighted by atomic mass is 9.49. The first-order valence-corrected chi connectivity index (χ1v) is 8.95. The van der Waals surface area contributed by atoms with Crippen LogP contribution in [-0.2, 0) is 4.74 Å². The van der Waals surface area contributed by atoms with Crippen molar-refractivity contribution in [2.24, 2.45) is 22.2 Å². The number of furan rings is 1. The lowest BCUT2D eigenvalue weighted by Crippen LogP contribution is -2.56. The van der Waals surface area contributed by atoms with Crippen LogP contribution in [0.5, 0.6) is 0 Å². The lowest BCUT2D eigenvalue weighted by Gasteiger charge is -2.53. The minimum absolute atomic E-state index is 0.282. The molecule has 3 saturated carbocycles. The smallest absolute Gasteiger partial charge is 0.106 e. The van der Waals surface area contributed by atoms with Crippen LogP contribution < -0.4 is 0 Å². The Labute approximate surface area is 134 Å². The van der Waals surface area contributed by atoms with Crippen LogP contribution in [0, 0.1) is 29.1 Å². The fourth-order valence-electron chi connectivity index (χ4n) is 6.57. The molecule has 0 amide bonds. The third-order valence-electron chi connectivity index (χ3n) is 7.92. The van der Waals surface area contributed by atoms with Gasteiger partial charge in [-0.25, -0.2) is 0 Å². The lowest BCUT2D eigenvalue weighted by molar-refractivity contribution is -0.0620. The molecule has 4 fully saturated rings. The topological polar surface area (TPSA) is 25.7 Å². The Morgan fingerprint density at radius 2 is 1.86 bits per heavy atom. The molecule has 4 unspecified atom stereocenters. The minimum atomic E-state index is 0.282. The molecule has 4 aliphatic rings. The second kappa shape index (κ2) is 4.20. The zero-order chi connectivity index (χ0) is 15.8. The normalized spacial score (nSPS) is 45.5. The van der Waals surface area contributed by atoms with E-state index in [-0.39, 0.29) is 5.60 Å². The summed E-state index contributed by atoms with van der Waals surface area (Å²) in [5, 5.41) is 0. The molecule has 0 radical (unpaired) electrons. The van der Waals surface area contributed by atoms with Crippen molar-refractivity contribution in [3.8, 4) is 0 Å². The average molecular weight is 302 g/mol. The van der Waals surface area contributed by atoms with E-state index in [1.807, 2.05) is 19.1 Å². The maximum atomic E-state index is 6.36. The highest BCUT2D eigenvalue weighted by atomic mass is 16.6. The van der Waals surface area contributed by atoms with Gasteiger partial charge in [-0.2, -0.15) is 0 Å². The number of aryl methyl sites for hydroxylation is 1. The quantitative estimate of drug-likeness (QED) is 0.603. The van der Waals surface area contributed by atoms with Gasteiger partial charge in [0.25, 0.3) is 0 Å². The van der Waals surface area contributed by atoms with Gasteiger partial charge in [0, 0.05) is 5.41 Å². The SMILES string of the molecule is CC1(C)CCC2OC23C(C)(C)C2CCC13C2.Cc1ccco1. The Hall–Kier alpha value is -0.760. The van der Waals surface area contributed by atoms with Gasteiger partial charge in [-0.15, -0.1) is 0 Å². The van der Waals surface area contributed by atoms with E-state index in [4.69, 9.17) is 9.15 Å². The van der Waals surface area contributed by atoms with E-state index in [0.29, 0.717) is 22.3 Å². The van der Waals surface area contributed by atoms with E-state index in [9.17, 15) is 0 Å². The van der Waals surface area contributed by atoms with Crippen molar-refractivity contribution in [1.29, 1.82) is 0 Å². The highest BCUT2D eigenvalue weighted by Gasteiger charge is 2.86. The highest BCUT2D eigenvalue weighted by molar-refractivity contribution is 5.34. The second-order valence-corrected chi connectivity index (χ2v) is 9.23. The van der Waals surface area contributed by atoms with Crippen molar-refractivity contribution in [2.75, 3.05) is 0 Å². The van der Waals surface area contributed by atoms with Gasteiger partial charge < -0.3 is 9.15 Å². The summed E-state index contributed by atoms with van der Waals surface area (Å²) in [4.78, 5) is 0. The number of fused-ring (bicyclic) bond motifs is 1. The Morgan fingerprint density at radius 1 is 1.09 bits per heavy atom. The largest absolute Gasteiger partial charge is 0.470 e. The van der Waals surface area contributed by atoms with Crippen molar-refractivity contribution in [3.05, 3.63) is 24.2 Å². The van der Waals surface area contributed by atoms with E-state index < -0.39 is 0 Å². The summed E-state index contributed by atoms with van der Waals surface area (Å²) in [6, 6.07) is 3.79. The standard InChI is InChI=1S/C15H24O.C5H6O/c1-12(2)7-6-11-15(16-11)13(3,4)10-5-8-14(12,15)9-10;1-5-3-2-4-6-5/h10-11H,5-9H2,1-4H3;2-4H,1H3. The summed E-state index contributed by atoms with van der Waals surface area (Å²) in [6.07, 6.45) is 9.30. The van der Waals surface area contributed by atoms with Crippen LogP contribution >= 0.6 is 0 Å². The molecule has 2 bridgehead atoms. The fraction of sp³-hybridized carbons (Fsp3) is 0.800. The first-order chi connectivity index (χ1) is 10.3. The molecular formula is C20H30O2. The summed E-state index contributed by atoms with van der Waals surface area (Å²) in [5.74, 6) is 1.89. The van der Waals surface area contributed by atoms with Crippen LogP contribution in [0.15, 0.2) is 22.8 Å². The van der Waals surface area contributed by atoms with Gasteiger partial charge in [0.2, 0.25) is 0 Å². The molecule has 1 aliphatic heterocycles. The molecule has 2 heteroatoms. The van der Waals surface area contributed by atoms with Crippen molar-refractivity contribution in [3.63, 3.8) is 0 Å². The van der Waals surface area contributed by atoms with Crippen LogP contribution in [0.25, 0.3) is 0 Å². The van der Waals surface area contributed by atoms with E-state index in [1.54, 1.807) is 6.26 Å². The molecule has 1 aromatic rings. The van der Waals surface area contributed by atoms with Gasteiger partial charge in [-0.3, -0.25) is 0 Å². The van der Waals surface area contributed by atoms with Crippen molar-refractivity contribution in [1.82, 2.24) is 0 Å². The Balaban J connectivity index is 0.000000177. The zero-order valence-electron chi connectivity index (χ0n) is 14.7. The summed E-state index contributed by atoms with van der Waals surface area (Å²) >= 11 is 0. The maximum absolute atomic E-state index is 6.36. The van der Waals surface area contributed by atoms with Crippen molar-refractivity contribution >= 4 is 0 Å². The summed E-state index contributed by atoms with van der Waals surface area (Å²) in [6.45, 7) is 11.9. The van der Waals surface area contributed by atoms with Gasteiger partial charge >= 0.3 is 0 Å². The monoisotopic (exact) mass is 302 g/mol. The number of ether oxygens (including phenoxy) is 1. The molecule has 22 heavy (non-hydrogen) atoms. The number of epoxide rings is 1. The predicted molar refractivity (Wildman–Crippen MR) is 87.6 cm³/mol. The molecular weight excluding hydrogens is 272 g/mol. The molecule has 4 atom stereocenters. The van der Waals surface area contributed by atoms with Crippen LogP contribution in [-0.4, -0.2) is 11.7 Å². The average Bonchev–Trinajstić information content (AvgIpc) is 2.77. The highest BCUT2D eigenvalue weighted by Crippen LogP contribution is 2.83. The summed E-state index contributed by atoms with van der Waals surface area (Å²) < 4.78 is 11.2. The van der Waals surface area contributed by atoms with Crippen LogP contribution in [0.3, 0.4) is 0 Å². The minimum Gasteiger partial charge on any atom is -0.470 e. The molecule has 2 spiro atoms. The number of hydrogen-bond acceptors (Lipinski definition) is 2. The van der Waals surface area contributed by atoms with E-state index in [2.05, 4.69) is 27.7 Å². The van der Waals surface area contributed by atoms with Gasteiger partial charge in [0.15, 0.2) is 0 Å². The molecule has 2 heterocycles. The van der Waals surface area contributed by atoms with Crippen molar-refractivity contribution in [2.45, 2.75) is 78.4 Å². The molecule has 5 rings (SSSR count). The maximum Gasteiger partial charge on any atom is 0.106 e.